The second kappa shape index (κ2) is 13.9. The standard InChI is InChI=1S/C29H33Cl2N3O5S/c1-20(2)17-32-29(36)21(3)33(18-22-8-12-26(39-4)13-9-22)28(35)19-34(25-7-5-6-24(31)16-25)40(37,38)27-14-10-23(30)11-15-27/h5-16,20-21H,17-19H2,1-4H3,(H,32,36)/t21-/m0/s1. The second-order valence-electron chi connectivity index (χ2n) is 9.63. The first-order valence-corrected chi connectivity index (χ1v) is 14.9. The number of hydrogen-bond acceptors (Lipinski definition) is 5. The highest BCUT2D eigenvalue weighted by Gasteiger charge is 2.32. The van der Waals surface area contributed by atoms with Gasteiger partial charge in [-0.1, -0.05) is 55.2 Å². The normalized spacial score (nSPS) is 12.1. The maximum atomic E-state index is 13.9. The Hall–Kier alpha value is -3.27. The summed E-state index contributed by atoms with van der Waals surface area (Å²) in [5.41, 5.74) is 0.949. The predicted octanol–water partition coefficient (Wildman–Crippen LogP) is 5.39. The van der Waals surface area contributed by atoms with Gasteiger partial charge in [-0.15, -0.1) is 0 Å². The molecule has 1 N–H and O–H groups in total. The number of methoxy groups -OCH3 is 1. The van der Waals surface area contributed by atoms with Crippen molar-refractivity contribution in [3.8, 4) is 5.75 Å². The van der Waals surface area contributed by atoms with E-state index in [0.717, 1.165) is 9.87 Å². The van der Waals surface area contributed by atoms with Crippen LogP contribution in [0.3, 0.4) is 0 Å². The van der Waals surface area contributed by atoms with Crippen molar-refractivity contribution in [2.75, 3.05) is 24.5 Å². The summed E-state index contributed by atoms with van der Waals surface area (Å²) in [6.07, 6.45) is 0. The molecule has 0 radical (unpaired) electrons. The number of rotatable bonds is 12. The van der Waals surface area contributed by atoms with Crippen LogP contribution >= 0.6 is 23.2 Å². The van der Waals surface area contributed by atoms with Crippen molar-refractivity contribution in [1.82, 2.24) is 10.2 Å². The molecule has 3 aromatic carbocycles. The molecule has 0 heterocycles. The molecule has 11 heteroatoms. The summed E-state index contributed by atoms with van der Waals surface area (Å²) in [6.45, 7) is 5.50. The van der Waals surface area contributed by atoms with Crippen LogP contribution in [0.15, 0.2) is 77.7 Å². The number of benzene rings is 3. The number of carbonyl (C=O) groups excluding carboxylic acids is 2. The fraction of sp³-hybridized carbons (Fsp3) is 0.310. The summed E-state index contributed by atoms with van der Waals surface area (Å²) in [5.74, 6) is -0.0544. The third-order valence-corrected chi connectivity index (χ3v) is 8.42. The van der Waals surface area contributed by atoms with Crippen LogP contribution in [0.5, 0.6) is 5.75 Å². The first kappa shape index (κ1) is 31.3. The molecule has 3 aromatic rings. The van der Waals surface area contributed by atoms with Crippen LogP contribution in [-0.2, 0) is 26.2 Å². The number of nitrogens with one attached hydrogen (secondary N) is 1. The highest BCUT2D eigenvalue weighted by atomic mass is 35.5. The van der Waals surface area contributed by atoms with Gasteiger partial charge in [0.25, 0.3) is 10.0 Å². The van der Waals surface area contributed by atoms with E-state index in [1.807, 2.05) is 13.8 Å². The SMILES string of the molecule is COc1ccc(CN(C(=O)CN(c2cccc(Cl)c2)S(=O)(=O)c2ccc(Cl)cc2)[C@@H](C)C(=O)NCC(C)C)cc1. The highest BCUT2D eigenvalue weighted by molar-refractivity contribution is 7.92. The number of sulfonamides is 1. The average Bonchev–Trinajstić information content (AvgIpc) is 2.93. The van der Waals surface area contributed by atoms with E-state index in [2.05, 4.69) is 5.32 Å². The van der Waals surface area contributed by atoms with Gasteiger partial charge in [-0.3, -0.25) is 13.9 Å². The smallest absolute Gasteiger partial charge is 0.264 e. The third-order valence-electron chi connectivity index (χ3n) is 6.14. The van der Waals surface area contributed by atoms with E-state index in [-0.39, 0.29) is 29.0 Å². The summed E-state index contributed by atoms with van der Waals surface area (Å²) in [5, 5.41) is 3.54. The van der Waals surface area contributed by atoms with Gasteiger partial charge in [-0.2, -0.15) is 0 Å². The minimum absolute atomic E-state index is 0.0471. The van der Waals surface area contributed by atoms with Crippen molar-refractivity contribution >= 4 is 50.7 Å². The second-order valence-corrected chi connectivity index (χ2v) is 12.4. The van der Waals surface area contributed by atoms with Crippen molar-refractivity contribution < 1.29 is 22.7 Å². The van der Waals surface area contributed by atoms with Crippen molar-refractivity contribution in [3.63, 3.8) is 0 Å². The topological polar surface area (TPSA) is 96.0 Å². The minimum Gasteiger partial charge on any atom is -0.497 e. The molecule has 0 fully saturated rings. The van der Waals surface area contributed by atoms with Crippen LogP contribution in [0.4, 0.5) is 5.69 Å². The minimum atomic E-state index is -4.21. The lowest BCUT2D eigenvalue weighted by Gasteiger charge is -2.32. The van der Waals surface area contributed by atoms with Crippen LogP contribution in [0.1, 0.15) is 26.3 Å². The van der Waals surface area contributed by atoms with Gasteiger partial charge >= 0.3 is 0 Å². The molecular weight excluding hydrogens is 573 g/mol. The van der Waals surface area contributed by atoms with E-state index in [9.17, 15) is 18.0 Å². The Labute approximate surface area is 245 Å². The van der Waals surface area contributed by atoms with E-state index < -0.39 is 28.5 Å². The summed E-state index contributed by atoms with van der Waals surface area (Å²) >= 11 is 12.2. The van der Waals surface area contributed by atoms with Crippen molar-refractivity contribution in [3.05, 3.63) is 88.4 Å². The fourth-order valence-electron chi connectivity index (χ4n) is 3.86. The van der Waals surface area contributed by atoms with E-state index >= 15 is 0 Å². The Bertz CT molecular complexity index is 1410. The van der Waals surface area contributed by atoms with Crippen LogP contribution in [0, 0.1) is 5.92 Å². The Morgan fingerprint density at radius 2 is 1.57 bits per heavy atom. The lowest BCUT2D eigenvalue weighted by atomic mass is 10.1. The number of anilines is 1. The molecule has 214 valence electrons. The van der Waals surface area contributed by atoms with Gasteiger partial charge in [-0.05, 0) is 73.0 Å². The molecule has 0 saturated heterocycles. The number of ether oxygens (including phenoxy) is 1. The van der Waals surface area contributed by atoms with Crippen LogP contribution < -0.4 is 14.4 Å². The van der Waals surface area contributed by atoms with Crippen molar-refractivity contribution in [2.24, 2.45) is 5.92 Å². The summed E-state index contributed by atoms with van der Waals surface area (Å²) in [6, 6.07) is 18.1. The maximum absolute atomic E-state index is 13.9. The van der Waals surface area contributed by atoms with Crippen LogP contribution in [0.2, 0.25) is 10.0 Å². The number of halogens is 2. The zero-order chi connectivity index (χ0) is 29.4. The zero-order valence-corrected chi connectivity index (χ0v) is 25.1. The predicted molar refractivity (Wildman–Crippen MR) is 158 cm³/mol. The largest absolute Gasteiger partial charge is 0.497 e. The third kappa shape index (κ3) is 8.13. The quantitative estimate of drug-likeness (QED) is 0.299. The lowest BCUT2D eigenvalue weighted by Crippen LogP contribution is -2.51. The molecule has 1 atom stereocenters. The number of nitrogens with zero attached hydrogens (tertiary/aromatic N) is 2. The zero-order valence-electron chi connectivity index (χ0n) is 22.8. The van der Waals surface area contributed by atoms with Crippen molar-refractivity contribution in [2.45, 2.75) is 38.3 Å². The molecule has 0 saturated carbocycles. The van der Waals surface area contributed by atoms with Crippen molar-refractivity contribution in [1.29, 1.82) is 0 Å². The fourth-order valence-corrected chi connectivity index (χ4v) is 5.57. The van der Waals surface area contributed by atoms with Gasteiger partial charge < -0.3 is 15.0 Å². The number of hydrogen-bond donors (Lipinski definition) is 1. The Morgan fingerprint density at radius 3 is 2.15 bits per heavy atom. The van der Waals surface area contributed by atoms with E-state index in [4.69, 9.17) is 27.9 Å². The molecule has 0 aliphatic rings. The monoisotopic (exact) mass is 605 g/mol. The maximum Gasteiger partial charge on any atom is 0.264 e. The average molecular weight is 607 g/mol. The van der Waals surface area contributed by atoms with E-state index in [0.29, 0.717) is 22.3 Å². The van der Waals surface area contributed by atoms with Gasteiger partial charge in [0, 0.05) is 23.1 Å². The molecule has 3 rings (SSSR count). The molecule has 0 aliphatic carbocycles. The molecule has 2 amide bonds. The van der Waals surface area contributed by atoms with Gasteiger partial charge in [0.15, 0.2) is 0 Å². The van der Waals surface area contributed by atoms with Crippen LogP contribution in [0.25, 0.3) is 0 Å². The Morgan fingerprint density at radius 1 is 0.925 bits per heavy atom. The molecule has 0 aromatic heterocycles. The molecule has 0 aliphatic heterocycles. The molecule has 0 bridgehead atoms. The molecule has 8 nitrogen and oxygen atoms in total. The molecule has 40 heavy (non-hydrogen) atoms. The van der Waals surface area contributed by atoms with Gasteiger partial charge in [0.2, 0.25) is 11.8 Å². The van der Waals surface area contributed by atoms with E-state index in [1.165, 1.54) is 35.2 Å². The highest BCUT2D eigenvalue weighted by Crippen LogP contribution is 2.27. The van der Waals surface area contributed by atoms with Crippen LogP contribution in [-0.4, -0.2) is 51.4 Å². The first-order chi connectivity index (χ1) is 18.9. The molecular formula is C29H33Cl2N3O5S. The Balaban J connectivity index is 2.00. The summed E-state index contributed by atoms with van der Waals surface area (Å²) in [4.78, 5) is 28.3. The molecule has 0 unspecified atom stereocenters. The first-order valence-electron chi connectivity index (χ1n) is 12.7. The summed E-state index contributed by atoms with van der Waals surface area (Å²) < 4.78 is 33.8. The van der Waals surface area contributed by atoms with E-state index in [1.54, 1.807) is 56.5 Å². The lowest BCUT2D eigenvalue weighted by molar-refractivity contribution is -0.139. The van der Waals surface area contributed by atoms with Gasteiger partial charge in [-0.25, -0.2) is 8.42 Å². The molecule has 0 spiro atoms. The van der Waals surface area contributed by atoms with Gasteiger partial charge in [0.1, 0.15) is 18.3 Å². The Kier molecular flexibility index (Phi) is 10.8. The van der Waals surface area contributed by atoms with Gasteiger partial charge in [0.05, 0.1) is 17.7 Å². The number of carbonyl (C=O) groups is 2. The number of amides is 2. The summed E-state index contributed by atoms with van der Waals surface area (Å²) in [7, 11) is -2.66.